The molecule has 0 radical (unpaired) electrons. The van der Waals surface area contributed by atoms with Crippen LogP contribution < -0.4 is 5.73 Å². The molecule has 2 N–H and O–H groups in total. The fourth-order valence-corrected chi connectivity index (χ4v) is 3.19. The molecule has 1 heterocycles. The standard InChI is InChI=1S/C19H39NO/c1-4-5-6-7-8-9-10-11-12-13-14-15-16-17-19(20)18(2,3)21-19/h4-17,20H2,1-3H3. The van der Waals surface area contributed by atoms with Crippen molar-refractivity contribution in [3.05, 3.63) is 0 Å². The predicted octanol–water partition coefficient (Wildman–Crippen LogP) is 5.93. The Morgan fingerprint density at radius 1 is 0.667 bits per heavy atom. The molecule has 1 atom stereocenters. The quantitative estimate of drug-likeness (QED) is 0.319. The molecule has 1 aliphatic rings. The molecule has 21 heavy (non-hydrogen) atoms. The van der Waals surface area contributed by atoms with Crippen LogP contribution in [0.5, 0.6) is 0 Å². The lowest BCUT2D eigenvalue weighted by molar-refractivity contribution is 0.265. The molecular formula is C19H39NO. The van der Waals surface area contributed by atoms with E-state index in [4.69, 9.17) is 10.5 Å². The topological polar surface area (TPSA) is 38.5 Å². The van der Waals surface area contributed by atoms with Gasteiger partial charge in [0.1, 0.15) is 11.3 Å². The normalized spacial score (nSPS) is 23.4. The molecule has 1 fully saturated rings. The lowest BCUT2D eigenvalue weighted by Crippen LogP contribution is -2.31. The summed E-state index contributed by atoms with van der Waals surface area (Å²) in [5.41, 5.74) is 5.75. The minimum atomic E-state index is -0.315. The highest BCUT2D eigenvalue weighted by Gasteiger charge is 2.60. The summed E-state index contributed by atoms with van der Waals surface area (Å²) in [7, 11) is 0. The van der Waals surface area contributed by atoms with Gasteiger partial charge in [-0.1, -0.05) is 84.0 Å². The van der Waals surface area contributed by atoms with E-state index in [0.717, 1.165) is 6.42 Å². The number of ether oxygens (including phenoxy) is 1. The summed E-state index contributed by atoms with van der Waals surface area (Å²) in [6.07, 6.45) is 19.2. The second-order valence-corrected chi connectivity index (χ2v) is 7.49. The van der Waals surface area contributed by atoms with Crippen molar-refractivity contribution in [3.63, 3.8) is 0 Å². The van der Waals surface area contributed by atoms with E-state index in [2.05, 4.69) is 20.8 Å². The Balaban J connectivity index is 1.73. The zero-order chi connectivity index (χ0) is 15.6. The summed E-state index contributed by atoms with van der Waals surface area (Å²) in [6, 6.07) is 0. The Labute approximate surface area is 133 Å². The summed E-state index contributed by atoms with van der Waals surface area (Å²) in [5.74, 6) is 0. The lowest BCUT2D eigenvalue weighted by atomic mass is 9.98. The van der Waals surface area contributed by atoms with Crippen molar-refractivity contribution in [3.8, 4) is 0 Å². The van der Waals surface area contributed by atoms with Crippen molar-refractivity contribution in [2.24, 2.45) is 5.73 Å². The Morgan fingerprint density at radius 2 is 1.00 bits per heavy atom. The molecule has 0 amide bonds. The van der Waals surface area contributed by atoms with Gasteiger partial charge in [-0.25, -0.2) is 0 Å². The first kappa shape index (κ1) is 19.0. The monoisotopic (exact) mass is 297 g/mol. The van der Waals surface area contributed by atoms with Crippen LogP contribution in [0.15, 0.2) is 0 Å². The third kappa shape index (κ3) is 7.65. The van der Waals surface area contributed by atoms with Crippen molar-refractivity contribution in [1.29, 1.82) is 0 Å². The fourth-order valence-electron chi connectivity index (χ4n) is 3.19. The zero-order valence-corrected chi connectivity index (χ0v) is 14.9. The highest BCUT2D eigenvalue weighted by molar-refractivity contribution is 5.05. The molecule has 2 nitrogen and oxygen atoms in total. The number of nitrogens with two attached hydrogens (primary N) is 1. The summed E-state index contributed by atoms with van der Waals surface area (Å²) in [6.45, 7) is 6.47. The number of hydrogen-bond acceptors (Lipinski definition) is 2. The van der Waals surface area contributed by atoms with Crippen LogP contribution in [0.3, 0.4) is 0 Å². The zero-order valence-electron chi connectivity index (χ0n) is 14.9. The van der Waals surface area contributed by atoms with Crippen molar-refractivity contribution in [2.45, 2.75) is 122 Å². The van der Waals surface area contributed by atoms with Crippen molar-refractivity contribution in [2.75, 3.05) is 0 Å². The molecule has 126 valence electrons. The van der Waals surface area contributed by atoms with Crippen LogP contribution >= 0.6 is 0 Å². The van der Waals surface area contributed by atoms with E-state index in [9.17, 15) is 0 Å². The van der Waals surface area contributed by atoms with Crippen LogP contribution in [-0.4, -0.2) is 11.3 Å². The van der Waals surface area contributed by atoms with Crippen LogP contribution in [0.2, 0.25) is 0 Å². The molecule has 1 aliphatic heterocycles. The third-order valence-corrected chi connectivity index (χ3v) is 5.07. The number of hydrogen-bond donors (Lipinski definition) is 1. The summed E-state index contributed by atoms with van der Waals surface area (Å²) in [4.78, 5) is 0. The maximum absolute atomic E-state index is 6.14. The smallest absolute Gasteiger partial charge is 0.146 e. The van der Waals surface area contributed by atoms with Gasteiger partial charge in [-0.2, -0.15) is 0 Å². The Bertz CT molecular complexity index is 264. The summed E-state index contributed by atoms with van der Waals surface area (Å²) in [5, 5.41) is 0. The van der Waals surface area contributed by atoms with Crippen molar-refractivity contribution >= 4 is 0 Å². The summed E-state index contributed by atoms with van der Waals surface area (Å²) >= 11 is 0. The maximum Gasteiger partial charge on any atom is 0.146 e. The van der Waals surface area contributed by atoms with E-state index < -0.39 is 0 Å². The maximum atomic E-state index is 6.14. The molecule has 0 aromatic heterocycles. The molecule has 1 saturated heterocycles. The molecule has 0 aromatic rings. The minimum absolute atomic E-state index is 0.0792. The molecule has 0 spiro atoms. The molecule has 0 saturated carbocycles. The van der Waals surface area contributed by atoms with Gasteiger partial charge in [-0.3, -0.25) is 0 Å². The molecule has 2 heteroatoms. The van der Waals surface area contributed by atoms with Crippen LogP contribution in [0.1, 0.15) is 111 Å². The van der Waals surface area contributed by atoms with Gasteiger partial charge in [0.15, 0.2) is 0 Å². The van der Waals surface area contributed by atoms with E-state index in [1.165, 1.54) is 83.5 Å². The van der Waals surface area contributed by atoms with E-state index in [1.54, 1.807) is 0 Å². The Kier molecular flexibility index (Phi) is 8.89. The van der Waals surface area contributed by atoms with Crippen LogP contribution in [0.25, 0.3) is 0 Å². The number of unbranched alkanes of at least 4 members (excludes halogenated alkanes) is 12. The number of rotatable bonds is 14. The first-order valence-corrected chi connectivity index (χ1v) is 9.51. The largest absolute Gasteiger partial charge is 0.347 e. The fraction of sp³-hybridized carbons (Fsp3) is 1.00. The Morgan fingerprint density at radius 3 is 1.33 bits per heavy atom. The first-order chi connectivity index (χ1) is 10.0. The summed E-state index contributed by atoms with van der Waals surface area (Å²) < 4.78 is 5.58. The van der Waals surface area contributed by atoms with Gasteiger partial charge in [0.25, 0.3) is 0 Å². The Hall–Kier alpha value is -0.0800. The number of epoxide rings is 1. The SMILES string of the molecule is CCCCCCCCCCCCCCCC1(N)OC1(C)C. The van der Waals surface area contributed by atoms with Gasteiger partial charge >= 0.3 is 0 Å². The van der Waals surface area contributed by atoms with Crippen molar-refractivity contribution in [1.82, 2.24) is 0 Å². The van der Waals surface area contributed by atoms with Gasteiger partial charge in [-0.15, -0.1) is 0 Å². The third-order valence-electron chi connectivity index (χ3n) is 5.07. The molecule has 1 unspecified atom stereocenters. The van der Waals surface area contributed by atoms with E-state index in [0.29, 0.717) is 0 Å². The van der Waals surface area contributed by atoms with Gasteiger partial charge in [-0.05, 0) is 26.7 Å². The lowest BCUT2D eigenvalue weighted by Gasteiger charge is -2.08. The van der Waals surface area contributed by atoms with Crippen molar-refractivity contribution < 1.29 is 4.74 Å². The minimum Gasteiger partial charge on any atom is -0.347 e. The average molecular weight is 298 g/mol. The van der Waals surface area contributed by atoms with E-state index in [1.807, 2.05) is 0 Å². The van der Waals surface area contributed by atoms with Crippen LogP contribution in [-0.2, 0) is 4.74 Å². The highest BCUT2D eigenvalue weighted by atomic mass is 16.6. The molecule has 0 aliphatic carbocycles. The van der Waals surface area contributed by atoms with Gasteiger partial charge in [0.05, 0.1) is 0 Å². The first-order valence-electron chi connectivity index (χ1n) is 9.51. The molecule has 0 aromatic carbocycles. The second-order valence-electron chi connectivity index (χ2n) is 7.49. The predicted molar refractivity (Wildman–Crippen MR) is 92.4 cm³/mol. The van der Waals surface area contributed by atoms with E-state index in [-0.39, 0.29) is 11.3 Å². The molecular weight excluding hydrogens is 258 g/mol. The average Bonchev–Trinajstić information content (AvgIpc) is 2.94. The van der Waals surface area contributed by atoms with Gasteiger partial charge < -0.3 is 10.5 Å². The van der Waals surface area contributed by atoms with Gasteiger partial charge in [0.2, 0.25) is 0 Å². The van der Waals surface area contributed by atoms with Gasteiger partial charge in [0, 0.05) is 0 Å². The van der Waals surface area contributed by atoms with Crippen LogP contribution in [0, 0.1) is 0 Å². The van der Waals surface area contributed by atoms with E-state index >= 15 is 0 Å². The highest BCUT2D eigenvalue weighted by Crippen LogP contribution is 2.46. The molecule has 0 bridgehead atoms. The second kappa shape index (κ2) is 9.84. The molecule has 1 rings (SSSR count). The van der Waals surface area contributed by atoms with Crippen LogP contribution in [0.4, 0.5) is 0 Å².